The zero-order chi connectivity index (χ0) is 16.4. The molecule has 0 radical (unpaired) electrons. The molecular formula is C18H15NO3S. The summed E-state index contributed by atoms with van der Waals surface area (Å²) in [5.41, 5.74) is 0.914. The summed E-state index contributed by atoms with van der Waals surface area (Å²) in [5, 5.41) is 12.1. The zero-order valence-corrected chi connectivity index (χ0v) is 13.1. The summed E-state index contributed by atoms with van der Waals surface area (Å²) in [6, 6.07) is 12.1. The number of hydrogen-bond donors (Lipinski definition) is 1. The Balaban J connectivity index is 2.11. The van der Waals surface area contributed by atoms with Crippen LogP contribution in [0.2, 0.25) is 0 Å². The highest BCUT2D eigenvalue weighted by Crippen LogP contribution is 2.39. The second kappa shape index (κ2) is 6.22. The van der Waals surface area contributed by atoms with Crippen molar-refractivity contribution in [3.05, 3.63) is 82.3 Å². The third-order valence-electron chi connectivity index (χ3n) is 3.73. The average molecular weight is 325 g/mol. The Labute approximate surface area is 138 Å². The molecule has 23 heavy (non-hydrogen) atoms. The fraction of sp³-hybridized carbons (Fsp3) is 0.111. The molecule has 2 heterocycles. The second-order valence-electron chi connectivity index (χ2n) is 5.13. The van der Waals surface area contributed by atoms with E-state index < -0.39 is 17.7 Å². The molecule has 1 N–H and O–H groups in total. The highest BCUT2D eigenvalue weighted by atomic mass is 32.1. The lowest BCUT2D eigenvalue weighted by Gasteiger charge is -2.25. The van der Waals surface area contributed by atoms with Crippen LogP contribution in [0.4, 0.5) is 0 Å². The van der Waals surface area contributed by atoms with Crippen LogP contribution in [0.25, 0.3) is 0 Å². The molecule has 1 aliphatic rings. The van der Waals surface area contributed by atoms with Gasteiger partial charge in [-0.2, -0.15) is 0 Å². The maximum atomic E-state index is 12.8. The first kappa shape index (κ1) is 15.2. The van der Waals surface area contributed by atoms with Gasteiger partial charge < -0.3 is 10.0 Å². The highest BCUT2D eigenvalue weighted by molar-refractivity contribution is 7.12. The van der Waals surface area contributed by atoms with Crippen molar-refractivity contribution in [1.29, 1.82) is 0 Å². The number of carbonyl (C=O) groups is 2. The van der Waals surface area contributed by atoms with E-state index in [1.807, 2.05) is 30.3 Å². The van der Waals surface area contributed by atoms with Crippen molar-refractivity contribution in [2.24, 2.45) is 0 Å². The lowest BCUT2D eigenvalue weighted by Crippen LogP contribution is -2.31. The molecule has 1 atom stereocenters. The van der Waals surface area contributed by atoms with E-state index in [4.69, 9.17) is 0 Å². The molecule has 1 aliphatic heterocycles. The van der Waals surface area contributed by atoms with Gasteiger partial charge >= 0.3 is 0 Å². The normalized spacial score (nSPS) is 17.7. The lowest BCUT2D eigenvalue weighted by atomic mass is 9.95. The minimum absolute atomic E-state index is 0.130. The molecule has 0 spiro atoms. The van der Waals surface area contributed by atoms with Gasteiger partial charge in [-0.3, -0.25) is 9.59 Å². The summed E-state index contributed by atoms with van der Waals surface area (Å²) in [7, 11) is 0. The van der Waals surface area contributed by atoms with Crippen LogP contribution in [0.15, 0.2) is 71.8 Å². The predicted octanol–water partition coefficient (Wildman–Crippen LogP) is 3.51. The summed E-state index contributed by atoms with van der Waals surface area (Å²) in [6.07, 6.45) is 1.58. The van der Waals surface area contributed by atoms with Gasteiger partial charge in [0.05, 0.1) is 16.5 Å². The van der Waals surface area contributed by atoms with Gasteiger partial charge in [-0.25, -0.2) is 0 Å². The first-order chi connectivity index (χ1) is 11.1. The van der Waals surface area contributed by atoms with E-state index in [1.165, 1.54) is 16.2 Å². The van der Waals surface area contributed by atoms with Crippen molar-refractivity contribution in [3.8, 4) is 0 Å². The van der Waals surface area contributed by atoms with Gasteiger partial charge in [-0.15, -0.1) is 17.9 Å². The van der Waals surface area contributed by atoms with E-state index >= 15 is 0 Å². The van der Waals surface area contributed by atoms with E-state index in [-0.39, 0.29) is 17.9 Å². The number of nitrogens with zero attached hydrogens (tertiary/aromatic N) is 1. The monoisotopic (exact) mass is 325 g/mol. The number of hydrogen-bond acceptors (Lipinski definition) is 4. The zero-order valence-electron chi connectivity index (χ0n) is 12.3. The van der Waals surface area contributed by atoms with Crippen molar-refractivity contribution < 1.29 is 14.7 Å². The molecule has 0 fully saturated rings. The van der Waals surface area contributed by atoms with Gasteiger partial charge in [0.25, 0.3) is 5.91 Å². The Morgan fingerprint density at radius 2 is 2.00 bits per heavy atom. The quantitative estimate of drug-likeness (QED) is 0.676. The summed E-state index contributed by atoms with van der Waals surface area (Å²) in [4.78, 5) is 27.1. The summed E-state index contributed by atoms with van der Waals surface area (Å²) in [5.74, 6) is -1.33. The Morgan fingerprint density at radius 1 is 1.26 bits per heavy atom. The smallest absolute Gasteiger partial charge is 0.290 e. The number of rotatable bonds is 5. The molecule has 0 saturated carbocycles. The third-order valence-corrected chi connectivity index (χ3v) is 4.60. The topological polar surface area (TPSA) is 57.6 Å². The minimum atomic E-state index is -0.601. The van der Waals surface area contributed by atoms with Crippen molar-refractivity contribution in [3.63, 3.8) is 0 Å². The fourth-order valence-electron chi connectivity index (χ4n) is 2.74. The number of aliphatic hydroxyl groups is 1. The Hall–Kier alpha value is -2.66. The number of ketones is 1. The number of carbonyl (C=O) groups excluding carboxylic acids is 2. The second-order valence-corrected chi connectivity index (χ2v) is 6.08. The number of Topliss-reactive ketones (excluding diaryl/α,β-unsaturated/α-hetero) is 1. The maximum absolute atomic E-state index is 12.8. The Morgan fingerprint density at radius 3 is 2.61 bits per heavy atom. The standard InChI is InChI=1S/C18H15NO3S/c1-2-10-19-15(12-7-4-3-5-8-12)14(17(21)18(19)22)16(20)13-9-6-11-23-13/h2-9,11,15,21H,1,10H2/t15-/m0/s1. The molecular weight excluding hydrogens is 310 g/mol. The fourth-order valence-corrected chi connectivity index (χ4v) is 3.41. The maximum Gasteiger partial charge on any atom is 0.290 e. The Kier molecular flexibility index (Phi) is 4.12. The largest absolute Gasteiger partial charge is 0.503 e. The van der Waals surface area contributed by atoms with Gasteiger partial charge in [0.2, 0.25) is 5.78 Å². The van der Waals surface area contributed by atoms with Gasteiger partial charge in [0.15, 0.2) is 5.76 Å². The third kappa shape index (κ3) is 2.59. The molecule has 3 rings (SSSR count). The van der Waals surface area contributed by atoms with Gasteiger partial charge in [0, 0.05) is 6.54 Å². The first-order valence-electron chi connectivity index (χ1n) is 7.13. The highest BCUT2D eigenvalue weighted by Gasteiger charge is 2.43. The number of thiophene rings is 1. The van der Waals surface area contributed by atoms with Crippen LogP contribution in [0, 0.1) is 0 Å². The predicted molar refractivity (Wildman–Crippen MR) is 89.4 cm³/mol. The van der Waals surface area contributed by atoms with Crippen molar-refractivity contribution >= 4 is 23.0 Å². The molecule has 1 amide bonds. The minimum Gasteiger partial charge on any atom is -0.503 e. The van der Waals surface area contributed by atoms with Gasteiger partial charge in [0.1, 0.15) is 0 Å². The summed E-state index contributed by atoms with van der Waals surface area (Å²) >= 11 is 1.29. The van der Waals surface area contributed by atoms with Crippen LogP contribution < -0.4 is 0 Å². The molecule has 0 aliphatic carbocycles. The van der Waals surface area contributed by atoms with E-state index in [1.54, 1.807) is 23.6 Å². The summed E-state index contributed by atoms with van der Waals surface area (Å²) in [6.45, 7) is 3.91. The number of amides is 1. The van der Waals surface area contributed by atoms with Crippen LogP contribution in [-0.4, -0.2) is 28.2 Å². The van der Waals surface area contributed by atoms with Crippen LogP contribution in [-0.2, 0) is 4.79 Å². The van der Waals surface area contributed by atoms with Crippen LogP contribution in [0.1, 0.15) is 21.3 Å². The number of aliphatic hydroxyl groups excluding tert-OH is 1. The van der Waals surface area contributed by atoms with Crippen molar-refractivity contribution in [2.75, 3.05) is 6.54 Å². The summed E-state index contributed by atoms with van der Waals surface area (Å²) < 4.78 is 0. The van der Waals surface area contributed by atoms with Crippen LogP contribution in [0.5, 0.6) is 0 Å². The lowest BCUT2D eigenvalue weighted by molar-refractivity contribution is -0.128. The van der Waals surface area contributed by atoms with Crippen LogP contribution in [0.3, 0.4) is 0 Å². The number of benzene rings is 1. The molecule has 116 valence electrons. The molecule has 1 aromatic heterocycles. The van der Waals surface area contributed by atoms with E-state index in [0.29, 0.717) is 4.88 Å². The van der Waals surface area contributed by atoms with E-state index in [0.717, 1.165) is 5.56 Å². The first-order valence-corrected chi connectivity index (χ1v) is 8.01. The van der Waals surface area contributed by atoms with E-state index in [9.17, 15) is 14.7 Å². The Bertz CT molecular complexity index is 778. The molecule has 0 saturated heterocycles. The van der Waals surface area contributed by atoms with Crippen molar-refractivity contribution in [2.45, 2.75) is 6.04 Å². The molecule has 1 aromatic carbocycles. The van der Waals surface area contributed by atoms with Crippen molar-refractivity contribution in [1.82, 2.24) is 4.90 Å². The molecule has 0 bridgehead atoms. The SMILES string of the molecule is C=CCN1C(=O)C(O)=C(C(=O)c2cccs2)[C@@H]1c1ccccc1. The molecule has 2 aromatic rings. The van der Waals surface area contributed by atoms with E-state index in [2.05, 4.69) is 6.58 Å². The molecule has 5 heteroatoms. The molecule has 0 unspecified atom stereocenters. The van der Waals surface area contributed by atoms with Gasteiger partial charge in [-0.05, 0) is 17.0 Å². The average Bonchev–Trinajstić information content (AvgIpc) is 3.18. The molecule has 4 nitrogen and oxygen atoms in total. The van der Waals surface area contributed by atoms with Gasteiger partial charge in [-0.1, -0.05) is 42.5 Å². The van der Waals surface area contributed by atoms with Crippen LogP contribution >= 0.6 is 11.3 Å².